The van der Waals surface area contributed by atoms with Crippen LogP contribution in [0.5, 0.6) is 0 Å². The number of hydrogen-bond acceptors (Lipinski definition) is 2. The number of benzene rings is 1. The summed E-state index contributed by atoms with van der Waals surface area (Å²) < 4.78 is 5.99. The van der Waals surface area contributed by atoms with Crippen LogP contribution < -0.4 is 5.32 Å². The van der Waals surface area contributed by atoms with E-state index in [1.165, 1.54) is 18.4 Å². The molecule has 1 rings (SSSR count). The summed E-state index contributed by atoms with van der Waals surface area (Å²) in [6.07, 6.45) is 2.58. The molecule has 0 aliphatic carbocycles. The molecule has 0 amide bonds. The molecule has 0 saturated carbocycles. The second-order valence-corrected chi connectivity index (χ2v) is 4.87. The zero-order valence-electron chi connectivity index (χ0n) is 12.1. The smallest absolute Gasteiger partial charge is 0.0980 e. The van der Waals surface area contributed by atoms with E-state index in [2.05, 4.69) is 56.4 Å². The Morgan fingerprint density at radius 3 is 2.33 bits per heavy atom. The maximum atomic E-state index is 5.99. The molecule has 2 nitrogen and oxygen atoms in total. The van der Waals surface area contributed by atoms with Crippen molar-refractivity contribution in [1.82, 2.24) is 5.32 Å². The van der Waals surface area contributed by atoms with Gasteiger partial charge in [0, 0.05) is 12.6 Å². The van der Waals surface area contributed by atoms with Gasteiger partial charge in [0.05, 0.1) is 6.10 Å². The van der Waals surface area contributed by atoms with Crippen molar-refractivity contribution in [3.63, 3.8) is 0 Å². The normalized spacial score (nSPS) is 16.2. The van der Waals surface area contributed by atoms with Gasteiger partial charge in [0.1, 0.15) is 0 Å². The van der Waals surface area contributed by atoms with Crippen LogP contribution in [0.4, 0.5) is 0 Å². The lowest BCUT2D eigenvalue weighted by atomic mass is 9.89. The van der Waals surface area contributed by atoms with Gasteiger partial charge in [-0.3, -0.25) is 0 Å². The van der Waals surface area contributed by atoms with Crippen molar-refractivity contribution < 1.29 is 4.74 Å². The van der Waals surface area contributed by atoms with Crippen LogP contribution in [0.3, 0.4) is 0 Å². The minimum atomic E-state index is 0.141. The van der Waals surface area contributed by atoms with E-state index in [4.69, 9.17) is 4.74 Å². The van der Waals surface area contributed by atoms with Crippen molar-refractivity contribution in [2.75, 3.05) is 13.7 Å². The van der Waals surface area contributed by atoms with Crippen LogP contribution in [0, 0.1) is 5.92 Å². The standard InChI is InChI=1S/C16H27NO/c1-5-10-13(3)15(17-4)16(18-6-2)14-11-8-7-9-12-14/h7-9,11-13,15-17H,5-6,10H2,1-4H3. The molecule has 1 N–H and O–H groups in total. The highest BCUT2D eigenvalue weighted by Gasteiger charge is 2.26. The molecule has 2 heteroatoms. The summed E-state index contributed by atoms with van der Waals surface area (Å²) in [7, 11) is 2.03. The molecule has 0 aliphatic heterocycles. The van der Waals surface area contributed by atoms with Crippen LogP contribution >= 0.6 is 0 Å². The van der Waals surface area contributed by atoms with Gasteiger partial charge in [-0.2, -0.15) is 0 Å². The van der Waals surface area contributed by atoms with E-state index in [1.807, 2.05) is 7.05 Å². The van der Waals surface area contributed by atoms with Crippen LogP contribution in [0.1, 0.15) is 45.3 Å². The van der Waals surface area contributed by atoms with Gasteiger partial charge in [0.2, 0.25) is 0 Å². The van der Waals surface area contributed by atoms with Gasteiger partial charge >= 0.3 is 0 Å². The van der Waals surface area contributed by atoms with Gasteiger partial charge in [0.25, 0.3) is 0 Å². The molecular weight excluding hydrogens is 222 g/mol. The summed E-state index contributed by atoms with van der Waals surface area (Å²) in [5.74, 6) is 0.608. The van der Waals surface area contributed by atoms with E-state index in [-0.39, 0.29) is 6.10 Å². The number of ether oxygens (including phenoxy) is 1. The fraction of sp³-hybridized carbons (Fsp3) is 0.625. The highest BCUT2D eigenvalue weighted by Crippen LogP contribution is 2.27. The second kappa shape index (κ2) is 8.28. The molecule has 102 valence electrons. The van der Waals surface area contributed by atoms with Crippen LogP contribution in [0.25, 0.3) is 0 Å². The quantitative estimate of drug-likeness (QED) is 0.757. The molecule has 3 unspecified atom stereocenters. The number of hydrogen-bond donors (Lipinski definition) is 1. The number of likely N-dealkylation sites (N-methyl/N-ethyl adjacent to an activating group) is 1. The van der Waals surface area contributed by atoms with Crippen molar-refractivity contribution in [2.24, 2.45) is 5.92 Å². The third kappa shape index (κ3) is 4.11. The summed E-state index contributed by atoms with van der Waals surface area (Å²) in [5.41, 5.74) is 1.27. The molecule has 0 saturated heterocycles. The molecule has 0 bridgehead atoms. The van der Waals surface area contributed by atoms with Crippen LogP contribution in [0.2, 0.25) is 0 Å². The Hall–Kier alpha value is -0.860. The van der Waals surface area contributed by atoms with Crippen LogP contribution in [-0.4, -0.2) is 19.7 Å². The zero-order chi connectivity index (χ0) is 13.4. The Morgan fingerprint density at radius 1 is 1.17 bits per heavy atom. The van der Waals surface area contributed by atoms with Crippen molar-refractivity contribution in [2.45, 2.75) is 45.8 Å². The minimum Gasteiger partial charge on any atom is -0.372 e. The highest BCUT2D eigenvalue weighted by molar-refractivity contribution is 5.19. The molecule has 0 aromatic heterocycles. The lowest BCUT2D eigenvalue weighted by Gasteiger charge is -2.31. The Morgan fingerprint density at radius 2 is 1.83 bits per heavy atom. The highest BCUT2D eigenvalue weighted by atomic mass is 16.5. The van der Waals surface area contributed by atoms with E-state index in [0.717, 1.165) is 6.61 Å². The van der Waals surface area contributed by atoms with Gasteiger partial charge in [-0.05, 0) is 31.9 Å². The van der Waals surface area contributed by atoms with E-state index in [1.54, 1.807) is 0 Å². The first kappa shape index (κ1) is 15.2. The molecule has 0 radical (unpaired) electrons. The Bertz CT molecular complexity index is 312. The third-order valence-electron chi connectivity index (χ3n) is 3.49. The van der Waals surface area contributed by atoms with Crippen LogP contribution in [0.15, 0.2) is 30.3 Å². The van der Waals surface area contributed by atoms with E-state index >= 15 is 0 Å². The predicted octanol–water partition coefficient (Wildman–Crippen LogP) is 3.79. The fourth-order valence-corrected chi connectivity index (χ4v) is 2.60. The SMILES string of the molecule is CCCC(C)C(NC)C(OCC)c1ccccc1. The monoisotopic (exact) mass is 249 g/mol. The topological polar surface area (TPSA) is 21.3 Å². The first-order chi connectivity index (χ1) is 8.74. The van der Waals surface area contributed by atoms with Gasteiger partial charge in [-0.1, -0.05) is 50.6 Å². The fourth-order valence-electron chi connectivity index (χ4n) is 2.60. The maximum Gasteiger partial charge on any atom is 0.0980 e. The van der Waals surface area contributed by atoms with Gasteiger partial charge < -0.3 is 10.1 Å². The summed E-state index contributed by atoms with van der Waals surface area (Å²) in [6.45, 7) is 7.35. The predicted molar refractivity (Wildman–Crippen MR) is 77.7 cm³/mol. The molecule has 0 spiro atoms. The molecule has 1 aromatic carbocycles. The van der Waals surface area contributed by atoms with Crippen LogP contribution in [-0.2, 0) is 4.74 Å². The lowest BCUT2D eigenvalue weighted by Crippen LogP contribution is -2.39. The average molecular weight is 249 g/mol. The van der Waals surface area contributed by atoms with Crippen molar-refractivity contribution in [3.8, 4) is 0 Å². The largest absolute Gasteiger partial charge is 0.372 e. The first-order valence-corrected chi connectivity index (χ1v) is 7.08. The first-order valence-electron chi connectivity index (χ1n) is 7.08. The minimum absolute atomic E-state index is 0.141. The molecule has 3 atom stereocenters. The molecule has 18 heavy (non-hydrogen) atoms. The zero-order valence-corrected chi connectivity index (χ0v) is 12.1. The summed E-state index contributed by atoms with van der Waals surface area (Å²) in [5, 5.41) is 3.45. The summed E-state index contributed by atoms with van der Waals surface area (Å²) in [4.78, 5) is 0. The van der Waals surface area contributed by atoms with Gasteiger partial charge in [-0.25, -0.2) is 0 Å². The molecular formula is C16H27NO. The van der Waals surface area contributed by atoms with Gasteiger partial charge in [0.15, 0.2) is 0 Å². The molecule has 0 aliphatic rings. The third-order valence-corrected chi connectivity index (χ3v) is 3.49. The molecule has 1 aromatic rings. The second-order valence-electron chi connectivity index (χ2n) is 4.87. The van der Waals surface area contributed by atoms with E-state index in [9.17, 15) is 0 Å². The molecule has 0 fully saturated rings. The van der Waals surface area contributed by atoms with E-state index < -0.39 is 0 Å². The molecule has 0 heterocycles. The summed E-state index contributed by atoms with van der Waals surface area (Å²) in [6, 6.07) is 10.9. The Kier molecular flexibility index (Phi) is 6.99. The maximum absolute atomic E-state index is 5.99. The van der Waals surface area contributed by atoms with Crippen molar-refractivity contribution in [1.29, 1.82) is 0 Å². The Labute approximate surface area is 112 Å². The summed E-state index contributed by atoms with van der Waals surface area (Å²) >= 11 is 0. The van der Waals surface area contributed by atoms with Crippen molar-refractivity contribution >= 4 is 0 Å². The van der Waals surface area contributed by atoms with Crippen molar-refractivity contribution in [3.05, 3.63) is 35.9 Å². The number of rotatable bonds is 8. The van der Waals surface area contributed by atoms with E-state index in [0.29, 0.717) is 12.0 Å². The van der Waals surface area contributed by atoms with Gasteiger partial charge in [-0.15, -0.1) is 0 Å². The lowest BCUT2D eigenvalue weighted by molar-refractivity contribution is 0.0192. The Balaban J connectivity index is 2.87. The average Bonchev–Trinajstić information content (AvgIpc) is 2.40. The number of nitrogens with one attached hydrogen (secondary N) is 1.